The Bertz CT molecular complexity index is 380. The summed E-state index contributed by atoms with van der Waals surface area (Å²) in [6.45, 7) is 5.23. The molecule has 22 heavy (non-hydrogen) atoms. The fourth-order valence-corrected chi connectivity index (χ4v) is 2.63. The van der Waals surface area contributed by atoms with E-state index in [4.69, 9.17) is 4.74 Å². The van der Waals surface area contributed by atoms with E-state index in [1.807, 2.05) is 12.3 Å². The zero-order valence-corrected chi connectivity index (χ0v) is 14.7. The van der Waals surface area contributed by atoms with Crippen LogP contribution in [-0.4, -0.2) is 6.61 Å². The summed E-state index contributed by atoms with van der Waals surface area (Å²) in [5, 5.41) is 0. The number of rotatable bonds is 13. The van der Waals surface area contributed by atoms with Gasteiger partial charge in [0.25, 0.3) is 0 Å². The predicted octanol–water partition coefficient (Wildman–Crippen LogP) is 6.98. The molecule has 0 spiro atoms. The molecule has 124 valence electrons. The lowest BCUT2D eigenvalue weighted by Crippen LogP contribution is -1.90. The summed E-state index contributed by atoms with van der Waals surface area (Å²) >= 11 is 0. The Morgan fingerprint density at radius 1 is 0.818 bits per heavy atom. The number of benzene rings is 1. The molecule has 0 radical (unpaired) electrons. The van der Waals surface area contributed by atoms with Crippen molar-refractivity contribution >= 4 is 5.57 Å². The number of hydrogen-bond acceptors (Lipinski definition) is 1. The van der Waals surface area contributed by atoms with Crippen LogP contribution in [0.15, 0.2) is 36.6 Å². The number of allylic oxidation sites excluding steroid dienone is 1. The standard InChI is InChI=1S/C21H34O/c1-3-4-5-6-7-8-9-10-11-15-18-22-19-20(2)21-16-13-12-14-17-21/h12-14,16-17,19H,3-11,15,18H2,1-2H3/b20-19+. The lowest BCUT2D eigenvalue weighted by atomic mass is 10.1. The molecule has 1 aromatic carbocycles. The lowest BCUT2D eigenvalue weighted by molar-refractivity contribution is 0.241. The molecule has 0 unspecified atom stereocenters. The maximum Gasteiger partial charge on any atom is 0.0873 e. The Morgan fingerprint density at radius 3 is 1.95 bits per heavy atom. The van der Waals surface area contributed by atoms with Crippen molar-refractivity contribution in [1.29, 1.82) is 0 Å². The van der Waals surface area contributed by atoms with Crippen molar-refractivity contribution in [3.63, 3.8) is 0 Å². The molecule has 0 fully saturated rings. The highest BCUT2D eigenvalue weighted by molar-refractivity contribution is 5.62. The van der Waals surface area contributed by atoms with Crippen LogP contribution in [0.5, 0.6) is 0 Å². The fraction of sp³-hybridized carbons (Fsp3) is 0.619. The van der Waals surface area contributed by atoms with Crippen molar-refractivity contribution in [2.45, 2.75) is 78.1 Å². The first kappa shape index (κ1) is 18.8. The average molecular weight is 303 g/mol. The topological polar surface area (TPSA) is 9.23 Å². The second-order valence-corrected chi connectivity index (χ2v) is 6.22. The molecule has 0 N–H and O–H groups in total. The lowest BCUT2D eigenvalue weighted by Gasteiger charge is -2.05. The molecule has 0 heterocycles. The second-order valence-electron chi connectivity index (χ2n) is 6.22. The molecule has 1 nitrogen and oxygen atoms in total. The third-order valence-electron chi connectivity index (χ3n) is 4.10. The van der Waals surface area contributed by atoms with Crippen LogP contribution < -0.4 is 0 Å². The van der Waals surface area contributed by atoms with Gasteiger partial charge in [-0.3, -0.25) is 0 Å². The summed E-state index contributed by atoms with van der Waals surface area (Å²) in [7, 11) is 0. The van der Waals surface area contributed by atoms with E-state index in [9.17, 15) is 0 Å². The highest BCUT2D eigenvalue weighted by atomic mass is 16.5. The van der Waals surface area contributed by atoms with E-state index in [0.29, 0.717) is 0 Å². The molecule has 0 aliphatic heterocycles. The Hall–Kier alpha value is -1.24. The van der Waals surface area contributed by atoms with Gasteiger partial charge in [-0.05, 0) is 24.5 Å². The molecule has 1 rings (SSSR count). The van der Waals surface area contributed by atoms with E-state index in [1.165, 1.54) is 75.3 Å². The quantitative estimate of drug-likeness (QED) is 0.282. The Labute approximate surface area is 137 Å². The van der Waals surface area contributed by atoms with E-state index in [0.717, 1.165) is 6.61 Å². The van der Waals surface area contributed by atoms with Crippen molar-refractivity contribution in [2.24, 2.45) is 0 Å². The van der Waals surface area contributed by atoms with Gasteiger partial charge in [0.05, 0.1) is 12.9 Å². The Morgan fingerprint density at radius 2 is 1.36 bits per heavy atom. The van der Waals surface area contributed by atoms with E-state index in [2.05, 4.69) is 38.1 Å². The van der Waals surface area contributed by atoms with Crippen LogP contribution in [0.25, 0.3) is 5.57 Å². The van der Waals surface area contributed by atoms with Crippen molar-refractivity contribution in [3.8, 4) is 0 Å². The molecule has 0 aliphatic carbocycles. The van der Waals surface area contributed by atoms with Crippen molar-refractivity contribution < 1.29 is 4.74 Å². The number of ether oxygens (including phenoxy) is 1. The van der Waals surface area contributed by atoms with Crippen LogP contribution in [-0.2, 0) is 4.74 Å². The summed E-state index contributed by atoms with van der Waals surface area (Å²) in [6, 6.07) is 10.4. The highest BCUT2D eigenvalue weighted by Crippen LogP contribution is 2.13. The first-order valence-corrected chi connectivity index (χ1v) is 9.18. The predicted molar refractivity (Wildman–Crippen MR) is 97.9 cm³/mol. The number of hydrogen-bond donors (Lipinski definition) is 0. The molecule has 0 amide bonds. The summed E-state index contributed by atoms with van der Waals surface area (Å²) in [6.07, 6.45) is 15.6. The van der Waals surface area contributed by atoms with Crippen molar-refractivity contribution in [2.75, 3.05) is 6.61 Å². The average Bonchev–Trinajstić information content (AvgIpc) is 2.56. The molecular weight excluding hydrogens is 268 g/mol. The third kappa shape index (κ3) is 9.65. The minimum atomic E-state index is 0.848. The molecule has 0 aliphatic rings. The molecule has 0 aromatic heterocycles. The normalized spacial score (nSPS) is 11.6. The molecule has 0 saturated carbocycles. The van der Waals surface area contributed by atoms with E-state index >= 15 is 0 Å². The SMILES string of the molecule is CCCCCCCCCCCCO/C=C(\C)c1ccccc1. The minimum absolute atomic E-state index is 0.848. The zero-order chi connectivity index (χ0) is 15.9. The van der Waals surface area contributed by atoms with Gasteiger partial charge < -0.3 is 4.74 Å². The van der Waals surface area contributed by atoms with Gasteiger partial charge >= 0.3 is 0 Å². The Kier molecular flexibility index (Phi) is 11.5. The molecule has 0 bridgehead atoms. The van der Waals surface area contributed by atoms with Crippen LogP contribution >= 0.6 is 0 Å². The fourth-order valence-electron chi connectivity index (χ4n) is 2.63. The van der Waals surface area contributed by atoms with Gasteiger partial charge in [0.1, 0.15) is 0 Å². The summed E-state index contributed by atoms with van der Waals surface area (Å²) in [4.78, 5) is 0. The first-order chi connectivity index (χ1) is 10.8. The largest absolute Gasteiger partial charge is 0.501 e. The molecule has 1 aromatic rings. The van der Waals surface area contributed by atoms with Crippen molar-refractivity contribution in [1.82, 2.24) is 0 Å². The molecule has 1 heteroatoms. The summed E-state index contributed by atoms with van der Waals surface area (Å²) < 4.78 is 5.66. The molecular formula is C21H34O. The molecule has 0 saturated heterocycles. The maximum absolute atomic E-state index is 5.66. The number of unbranched alkanes of at least 4 members (excludes halogenated alkanes) is 9. The van der Waals surface area contributed by atoms with E-state index in [-0.39, 0.29) is 0 Å². The smallest absolute Gasteiger partial charge is 0.0873 e. The van der Waals surface area contributed by atoms with Gasteiger partial charge in [-0.25, -0.2) is 0 Å². The van der Waals surface area contributed by atoms with Gasteiger partial charge in [0.15, 0.2) is 0 Å². The molecule has 0 atom stereocenters. The first-order valence-electron chi connectivity index (χ1n) is 9.18. The van der Waals surface area contributed by atoms with Gasteiger partial charge in [-0.1, -0.05) is 95.0 Å². The maximum atomic E-state index is 5.66. The van der Waals surface area contributed by atoms with Crippen LogP contribution in [0, 0.1) is 0 Å². The second kappa shape index (κ2) is 13.4. The van der Waals surface area contributed by atoms with Gasteiger partial charge in [0, 0.05) is 0 Å². The zero-order valence-electron chi connectivity index (χ0n) is 14.7. The van der Waals surface area contributed by atoms with Gasteiger partial charge in [-0.15, -0.1) is 0 Å². The van der Waals surface area contributed by atoms with E-state index < -0.39 is 0 Å². The van der Waals surface area contributed by atoms with Crippen LogP contribution in [0.2, 0.25) is 0 Å². The van der Waals surface area contributed by atoms with Crippen LogP contribution in [0.1, 0.15) is 83.6 Å². The van der Waals surface area contributed by atoms with Crippen LogP contribution in [0.3, 0.4) is 0 Å². The van der Waals surface area contributed by atoms with E-state index in [1.54, 1.807) is 0 Å². The summed E-state index contributed by atoms with van der Waals surface area (Å²) in [5.41, 5.74) is 2.44. The Balaban J connectivity index is 1.91. The van der Waals surface area contributed by atoms with Gasteiger partial charge in [-0.2, -0.15) is 0 Å². The third-order valence-corrected chi connectivity index (χ3v) is 4.10. The monoisotopic (exact) mass is 302 g/mol. The van der Waals surface area contributed by atoms with Crippen molar-refractivity contribution in [3.05, 3.63) is 42.2 Å². The minimum Gasteiger partial charge on any atom is -0.501 e. The van der Waals surface area contributed by atoms with Gasteiger partial charge in [0.2, 0.25) is 0 Å². The highest BCUT2D eigenvalue weighted by Gasteiger charge is 1.95. The van der Waals surface area contributed by atoms with Crippen LogP contribution in [0.4, 0.5) is 0 Å². The summed E-state index contributed by atoms with van der Waals surface area (Å²) in [5.74, 6) is 0.